The van der Waals surface area contributed by atoms with Crippen LogP contribution in [0.15, 0.2) is 12.1 Å². The summed E-state index contributed by atoms with van der Waals surface area (Å²) in [4.78, 5) is 15.5. The van der Waals surface area contributed by atoms with Crippen LogP contribution in [0.3, 0.4) is 0 Å². The third-order valence-electron chi connectivity index (χ3n) is 2.08. The Morgan fingerprint density at radius 1 is 1.26 bits per heavy atom. The predicted molar refractivity (Wildman–Crippen MR) is 63.1 cm³/mol. The van der Waals surface area contributed by atoms with E-state index in [-0.39, 0.29) is 17.0 Å². The van der Waals surface area contributed by atoms with Crippen LogP contribution >= 0.6 is 0 Å². The molecule has 1 amide bonds. The number of carbonyl (C=O) groups excluding carboxylic acids is 1. The number of alkyl halides is 3. The van der Waals surface area contributed by atoms with Crippen LogP contribution < -0.4 is 5.32 Å². The van der Waals surface area contributed by atoms with Gasteiger partial charge in [-0.15, -0.1) is 12.8 Å². The lowest BCUT2D eigenvalue weighted by atomic mass is 10.1. The molecule has 1 heterocycles. The standard InChI is InChI=1S/C13H9F3N2O/c1-3-10-7-9(8-11(4-2)18-10)12(19)17-6-5-13(14,15)16/h1-2,7-8H,5-6H2,(H,17,19). The molecule has 0 fully saturated rings. The number of aromatic nitrogens is 1. The number of terminal acetylenes is 2. The van der Waals surface area contributed by atoms with Crippen molar-refractivity contribution in [2.75, 3.05) is 6.54 Å². The van der Waals surface area contributed by atoms with Gasteiger partial charge in [0.15, 0.2) is 0 Å². The van der Waals surface area contributed by atoms with Crippen LogP contribution in [0.25, 0.3) is 0 Å². The van der Waals surface area contributed by atoms with Gasteiger partial charge in [-0.05, 0) is 12.1 Å². The molecular weight excluding hydrogens is 257 g/mol. The summed E-state index contributed by atoms with van der Waals surface area (Å²) in [7, 11) is 0. The Hall–Kier alpha value is -2.47. The fourth-order valence-corrected chi connectivity index (χ4v) is 1.23. The number of carbonyl (C=O) groups is 1. The second kappa shape index (κ2) is 5.92. The number of halogens is 3. The van der Waals surface area contributed by atoms with Crippen molar-refractivity contribution in [3.8, 4) is 24.7 Å². The summed E-state index contributed by atoms with van der Waals surface area (Å²) in [5.74, 6) is 3.74. The van der Waals surface area contributed by atoms with Gasteiger partial charge in [0.1, 0.15) is 11.4 Å². The Labute approximate surface area is 108 Å². The maximum Gasteiger partial charge on any atom is 0.390 e. The van der Waals surface area contributed by atoms with E-state index in [0.717, 1.165) is 0 Å². The smallest absolute Gasteiger partial charge is 0.352 e. The number of nitrogens with one attached hydrogen (secondary N) is 1. The van der Waals surface area contributed by atoms with Gasteiger partial charge in [0.25, 0.3) is 5.91 Å². The first kappa shape index (κ1) is 14.6. The van der Waals surface area contributed by atoms with Gasteiger partial charge in [-0.3, -0.25) is 4.79 Å². The minimum Gasteiger partial charge on any atom is -0.352 e. The van der Waals surface area contributed by atoms with E-state index < -0.39 is 25.0 Å². The van der Waals surface area contributed by atoms with Crippen LogP contribution in [-0.2, 0) is 0 Å². The number of hydrogen-bond donors (Lipinski definition) is 1. The largest absolute Gasteiger partial charge is 0.390 e. The summed E-state index contributed by atoms with van der Waals surface area (Å²) in [5, 5.41) is 2.13. The highest BCUT2D eigenvalue weighted by atomic mass is 19.4. The number of rotatable bonds is 3. The molecule has 0 aliphatic rings. The number of pyridine rings is 1. The molecule has 0 saturated heterocycles. The summed E-state index contributed by atoms with van der Waals surface area (Å²) in [6.45, 7) is -0.512. The molecule has 0 saturated carbocycles. The minimum atomic E-state index is -4.32. The van der Waals surface area contributed by atoms with Crippen LogP contribution in [0.2, 0.25) is 0 Å². The quantitative estimate of drug-likeness (QED) is 0.846. The van der Waals surface area contributed by atoms with Gasteiger partial charge >= 0.3 is 6.18 Å². The zero-order valence-corrected chi connectivity index (χ0v) is 9.71. The van der Waals surface area contributed by atoms with Crippen molar-refractivity contribution in [1.29, 1.82) is 0 Å². The number of hydrogen-bond acceptors (Lipinski definition) is 2. The van der Waals surface area contributed by atoms with Crippen molar-refractivity contribution < 1.29 is 18.0 Å². The van der Waals surface area contributed by atoms with E-state index >= 15 is 0 Å². The van der Waals surface area contributed by atoms with Crippen LogP contribution in [-0.4, -0.2) is 23.6 Å². The molecule has 0 spiro atoms. The topological polar surface area (TPSA) is 42.0 Å². The van der Waals surface area contributed by atoms with Crippen LogP contribution in [0, 0.1) is 24.7 Å². The SMILES string of the molecule is C#Cc1cc(C(=O)NCCC(F)(F)F)cc(C#C)n1. The molecule has 6 heteroatoms. The molecule has 19 heavy (non-hydrogen) atoms. The maximum atomic E-state index is 11.9. The first-order chi connectivity index (χ1) is 8.85. The van der Waals surface area contributed by atoms with Gasteiger partial charge in [0.05, 0.1) is 6.42 Å². The third kappa shape index (κ3) is 4.72. The molecular formula is C13H9F3N2O. The van der Waals surface area contributed by atoms with Crippen molar-refractivity contribution in [2.45, 2.75) is 12.6 Å². The second-order valence-electron chi connectivity index (χ2n) is 3.54. The van der Waals surface area contributed by atoms with Crippen molar-refractivity contribution in [3.63, 3.8) is 0 Å². The molecule has 1 aromatic heterocycles. The van der Waals surface area contributed by atoms with Gasteiger partial charge in [-0.25, -0.2) is 4.98 Å². The molecule has 0 aromatic carbocycles. The fourth-order valence-electron chi connectivity index (χ4n) is 1.23. The molecule has 0 radical (unpaired) electrons. The molecule has 0 unspecified atom stereocenters. The predicted octanol–water partition coefficient (Wildman–Crippen LogP) is 1.73. The van der Waals surface area contributed by atoms with Crippen LogP contribution in [0.5, 0.6) is 0 Å². The van der Waals surface area contributed by atoms with Gasteiger partial charge < -0.3 is 5.32 Å². The molecule has 98 valence electrons. The Morgan fingerprint density at radius 3 is 2.21 bits per heavy atom. The van der Waals surface area contributed by atoms with E-state index in [0.29, 0.717) is 0 Å². The summed E-state index contributed by atoms with van der Waals surface area (Å²) >= 11 is 0. The average molecular weight is 266 g/mol. The summed E-state index contributed by atoms with van der Waals surface area (Å²) in [5.41, 5.74) is 0.380. The lowest BCUT2D eigenvalue weighted by molar-refractivity contribution is -0.132. The molecule has 0 aliphatic heterocycles. The van der Waals surface area contributed by atoms with Crippen molar-refractivity contribution in [2.24, 2.45) is 0 Å². The van der Waals surface area contributed by atoms with Crippen molar-refractivity contribution >= 4 is 5.91 Å². The van der Waals surface area contributed by atoms with E-state index in [1.165, 1.54) is 12.1 Å². The third-order valence-corrected chi connectivity index (χ3v) is 2.08. The number of nitrogens with zero attached hydrogens (tertiary/aromatic N) is 1. The van der Waals surface area contributed by atoms with E-state index in [2.05, 4.69) is 22.1 Å². The fraction of sp³-hybridized carbons (Fsp3) is 0.231. The van der Waals surface area contributed by atoms with E-state index in [1.807, 2.05) is 0 Å². The normalized spacial score (nSPS) is 10.4. The molecule has 1 rings (SSSR count). The van der Waals surface area contributed by atoms with Crippen molar-refractivity contribution in [1.82, 2.24) is 10.3 Å². The van der Waals surface area contributed by atoms with E-state index in [4.69, 9.17) is 12.8 Å². The first-order valence-electron chi connectivity index (χ1n) is 5.16. The van der Waals surface area contributed by atoms with Gasteiger partial charge in [0.2, 0.25) is 0 Å². The number of amides is 1. The van der Waals surface area contributed by atoms with E-state index in [9.17, 15) is 18.0 Å². The minimum absolute atomic E-state index is 0.0816. The van der Waals surface area contributed by atoms with Gasteiger partial charge in [0, 0.05) is 12.1 Å². The second-order valence-corrected chi connectivity index (χ2v) is 3.54. The highest BCUT2D eigenvalue weighted by molar-refractivity contribution is 5.94. The molecule has 1 N–H and O–H groups in total. The Bertz CT molecular complexity index is 532. The zero-order chi connectivity index (χ0) is 14.5. The lowest BCUT2D eigenvalue weighted by Gasteiger charge is -2.08. The maximum absolute atomic E-state index is 11.9. The lowest BCUT2D eigenvalue weighted by Crippen LogP contribution is -2.28. The molecule has 3 nitrogen and oxygen atoms in total. The van der Waals surface area contributed by atoms with Gasteiger partial charge in [-0.1, -0.05) is 11.8 Å². The Balaban J connectivity index is 2.78. The van der Waals surface area contributed by atoms with E-state index in [1.54, 1.807) is 0 Å². The Kier molecular flexibility index (Phi) is 4.55. The zero-order valence-electron chi connectivity index (χ0n) is 9.71. The molecule has 0 aliphatic carbocycles. The molecule has 0 atom stereocenters. The highest BCUT2D eigenvalue weighted by Gasteiger charge is 2.26. The summed E-state index contributed by atoms with van der Waals surface area (Å²) in [6.07, 6.45) is 4.85. The Morgan fingerprint density at radius 2 is 1.79 bits per heavy atom. The highest BCUT2D eigenvalue weighted by Crippen LogP contribution is 2.18. The molecule has 1 aromatic rings. The molecule has 0 bridgehead atoms. The summed E-state index contributed by atoms with van der Waals surface area (Å²) in [6, 6.07) is 2.56. The van der Waals surface area contributed by atoms with Gasteiger partial charge in [-0.2, -0.15) is 13.2 Å². The van der Waals surface area contributed by atoms with Crippen LogP contribution in [0.1, 0.15) is 28.2 Å². The monoisotopic (exact) mass is 266 g/mol. The van der Waals surface area contributed by atoms with Crippen molar-refractivity contribution in [3.05, 3.63) is 29.1 Å². The first-order valence-corrected chi connectivity index (χ1v) is 5.16. The summed E-state index contributed by atoms with van der Waals surface area (Å²) < 4.78 is 35.8. The average Bonchev–Trinajstić information content (AvgIpc) is 2.36. The van der Waals surface area contributed by atoms with Crippen LogP contribution in [0.4, 0.5) is 13.2 Å².